The summed E-state index contributed by atoms with van der Waals surface area (Å²) in [5.41, 5.74) is 0.772. The van der Waals surface area contributed by atoms with Crippen LogP contribution in [0, 0.1) is 12.7 Å². The van der Waals surface area contributed by atoms with Gasteiger partial charge in [-0.3, -0.25) is 4.79 Å². The van der Waals surface area contributed by atoms with Gasteiger partial charge in [-0.25, -0.2) is 4.39 Å². The second-order valence-electron chi connectivity index (χ2n) is 3.99. The third-order valence-corrected chi connectivity index (χ3v) is 3.50. The maximum atomic E-state index is 13.6. The first-order chi connectivity index (χ1) is 8.07. The molecule has 17 heavy (non-hydrogen) atoms. The minimum absolute atomic E-state index is 0.135. The predicted molar refractivity (Wildman–Crippen MR) is 70.7 cm³/mol. The van der Waals surface area contributed by atoms with Gasteiger partial charge in [-0.15, -0.1) is 0 Å². The van der Waals surface area contributed by atoms with Crippen LogP contribution in [-0.4, -0.2) is 12.5 Å². The maximum absolute atomic E-state index is 13.6. The number of carbonyl (C=O) groups excluding carboxylic acids is 1. The van der Waals surface area contributed by atoms with Gasteiger partial charge < -0.3 is 5.32 Å². The summed E-state index contributed by atoms with van der Waals surface area (Å²) >= 11 is 3.29. The van der Waals surface area contributed by atoms with Crippen LogP contribution >= 0.6 is 15.9 Å². The van der Waals surface area contributed by atoms with Gasteiger partial charge in [0.25, 0.3) is 5.91 Å². The topological polar surface area (TPSA) is 29.1 Å². The summed E-state index contributed by atoms with van der Waals surface area (Å²) in [6, 6.07) is 2.91. The summed E-state index contributed by atoms with van der Waals surface area (Å²) in [6.45, 7) is 4.42. The number of carbonyl (C=O) groups is 1. The number of nitrogens with one attached hydrogen (secondary N) is 1. The Morgan fingerprint density at radius 3 is 2.76 bits per heavy atom. The van der Waals surface area contributed by atoms with E-state index in [2.05, 4.69) is 28.2 Å². The highest BCUT2D eigenvalue weighted by molar-refractivity contribution is 9.10. The molecule has 0 aliphatic heterocycles. The highest BCUT2D eigenvalue weighted by atomic mass is 79.9. The van der Waals surface area contributed by atoms with Gasteiger partial charge in [-0.2, -0.15) is 0 Å². The number of rotatable bonds is 5. The van der Waals surface area contributed by atoms with E-state index in [1.807, 2.05) is 0 Å². The van der Waals surface area contributed by atoms with E-state index in [1.165, 1.54) is 6.07 Å². The minimum atomic E-state index is -0.473. The fourth-order valence-corrected chi connectivity index (χ4v) is 1.93. The molecule has 0 saturated carbocycles. The Balaban J connectivity index is 2.72. The lowest BCUT2D eigenvalue weighted by Crippen LogP contribution is -2.26. The molecule has 0 saturated heterocycles. The van der Waals surface area contributed by atoms with Crippen LogP contribution in [0.4, 0.5) is 4.39 Å². The molecule has 2 nitrogen and oxygen atoms in total. The second-order valence-corrected chi connectivity index (χ2v) is 4.85. The van der Waals surface area contributed by atoms with E-state index in [4.69, 9.17) is 0 Å². The molecule has 4 heteroatoms. The van der Waals surface area contributed by atoms with E-state index >= 15 is 0 Å². The quantitative estimate of drug-likeness (QED) is 0.823. The molecule has 0 radical (unpaired) electrons. The lowest BCUT2D eigenvalue weighted by molar-refractivity contribution is 0.0948. The monoisotopic (exact) mass is 301 g/mol. The molecule has 0 aliphatic rings. The fraction of sp³-hybridized carbons (Fsp3) is 0.462. The smallest absolute Gasteiger partial charge is 0.254 e. The van der Waals surface area contributed by atoms with Crippen molar-refractivity contribution in [3.8, 4) is 0 Å². The van der Waals surface area contributed by atoms with Crippen LogP contribution in [0.25, 0.3) is 0 Å². The molecule has 1 aromatic carbocycles. The van der Waals surface area contributed by atoms with E-state index < -0.39 is 5.82 Å². The number of halogens is 2. The molecular formula is C13H17BrFNO. The van der Waals surface area contributed by atoms with E-state index in [0.717, 1.165) is 23.7 Å². The minimum Gasteiger partial charge on any atom is -0.352 e. The fourth-order valence-electron chi connectivity index (χ4n) is 1.60. The van der Waals surface area contributed by atoms with Crippen molar-refractivity contribution in [1.29, 1.82) is 0 Å². The molecule has 0 unspecified atom stereocenters. The molecule has 0 fully saturated rings. The van der Waals surface area contributed by atoms with Crippen molar-refractivity contribution in [2.24, 2.45) is 0 Å². The normalized spacial score (nSPS) is 10.4. The van der Waals surface area contributed by atoms with E-state index in [1.54, 1.807) is 13.0 Å². The number of unbranched alkanes of at least 4 members (excludes halogenated alkanes) is 2. The van der Waals surface area contributed by atoms with Crippen LogP contribution < -0.4 is 5.32 Å². The van der Waals surface area contributed by atoms with Crippen LogP contribution in [-0.2, 0) is 0 Å². The largest absolute Gasteiger partial charge is 0.352 e. The molecule has 1 amide bonds. The molecular weight excluding hydrogens is 285 g/mol. The van der Waals surface area contributed by atoms with Crippen LogP contribution in [0.15, 0.2) is 16.6 Å². The van der Waals surface area contributed by atoms with Crippen LogP contribution in [0.2, 0.25) is 0 Å². The third-order valence-electron chi connectivity index (χ3n) is 2.64. The summed E-state index contributed by atoms with van der Waals surface area (Å²) in [7, 11) is 0. The number of hydrogen-bond acceptors (Lipinski definition) is 1. The van der Waals surface area contributed by atoms with Crippen molar-refractivity contribution >= 4 is 21.8 Å². The standard InChI is InChI=1S/C13H17BrFNO/c1-3-4-5-8-16-13(17)12-9(2)10(14)6-7-11(12)15/h6-7H,3-5,8H2,1-2H3,(H,16,17). The number of amides is 1. The van der Waals surface area contributed by atoms with Gasteiger partial charge in [0.1, 0.15) is 5.82 Å². The van der Waals surface area contributed by atoms with Gasteiger partial charge in [-0.1, -0.05) is 35.7 Å². The average molecular weight is 302 g/mol. The summed E-state index contributed by atoms with van der Waals surface area (Å²) in [5.74, 6) is -0.809. The third kappa shape index (κ3) is 3.80. The highest BCUT2D eigenvalue weighted by Gasteiger charge is 2.15. The number of benzene rings is 1. The highest BCUT2D eigenvalue weighted by Crippen LogP contribution is 2.22. The van der Waals surface area contributed by atoms with E-state index in [9.17, 15) is 9.18 Å². The van der Waals surface area contributed by atoms with Crippen molar-refractivity contribution in [1.82, 2.24) is 5.32 Å². The molecule has 0 atom stereocenters. The molecule has 0 spiro atoms. The molecule has 1 aromatic rings. The van der Waals surface area contributed by atoms with Crippen molar-refractivity contribution in [2.45, 2.75) is 33.1 Å². The van der Waals surface area contributed by atoms with Gasteiger partial charge in [0.15, 0.2) is 0 Å². The zero-order valence-corrected chi connectivity index (χ0v) is 11.7. The molecule has 0 aromatic heterocycles. The SMILES string of the molecule is CCCCCNC(=O)c1c(F)ccc(Br)c1C. The predicted octanol–water partition coefficient (Wildman–Crippen LogP) is 3.82. The van der Waals surface area contributed by atoms with E-state index in [-0.39, 0.29) is 11.5 Å². The summed E-state index contributed by atoms with van der Waals surface area (Å²) in [6.07, 6.45) is 3.09. The Hall–Kier alpha value is -0.900. The Morgan fingerprint density at radius 1 is 1.41 bits per heavy atom. The first-order valence-electron chi connectivity index (χ1n) is 5.80. The molecule has 94 valence electrons. The first kappa shape index (κ1) is 14.2. The van der Waals surface area contributed by atoms with Crippen molar-refractivity contribution in [2.75, 3.05) is 6.54 Å². The zero-order valence-electron chi connectivity index (χ0n) is 10.1. The van der Waals surface area contributed by atoms with E-state index in [0.29, 0.717) is 12.1 Å². The van der Waals surface area contributed by atoms with Gasteiger partial charge in [0.2, 0.25) is 0 Å². The van der Waals surface area contributed by atoms with Gasteiger partial charge in [0.05, 0.1) is 5.56 Å². The first-order valence-corrected chi connectivity index (χ1v) is 6.60. The lowest BCUT2D eigenvalue weighted by atomic mass is 10.1. The summed E-state index contributed by atoms with van der Waals surface area (Å²) in [5, 5.41) is 2.74. The maximum Gasteiger partial charge on any atom is 0.254 e. The van der Waals surface area contributed by atoms with Crippen molar-refractivity contribution in [3.63, 3.8) is 0 Å². The molecule has 0 heterocycles. The lowest BCUT2D eigenvalue weighted by Gasteiger charge is -2.09. The van der Waals surface area contributed by atoms with Gasteiger partial charge in [-0.05, 0) is 31.0 Å². The molecule has 0 bridgehead atoms. The van der Waals surface area contributed by atoms with Crippen molar-refractivity contribution < 1.29 is 9.18 Å². The summed E-state index contributed by atoms with van der Waals surface area (Å²) < 4.78 is 14.3. The Labute approximate surface area is 110 Å². The van der Waals surface area contributed by atoms with Crippen LogP contribution in [0.3, 0.4) is 0 Å². The summed E-state index contributed by atoms with van der Waals surface area (Å²) in [4.78, 5) is 11.8. The van der Waals surface area contributed by atoms with Crippen LogP contribution in [0.1, 0.15) is 42.1 Å². The van der Waals surface area contributed by atoms with Gasteiger partial charge >= 0.3 is 0 Å². The Kier molecular flexibility index (Phi) is 5.62. The van der Waals surface area contributed by atoms with Crippen LogP contribution in [0.5, 0.6) is 0 Å². The molecule has 1 N–H and O–H groups in total. The Bertz CT molecular complexity index is 407. The van der Waals surface area contributed by atoms with Crippen molar-refractivity contribution in [3.05, 3.63) is 33.5 Å². The second kappa shape index (κ2) is 6.74. The molecule has 1 rings (SSSR count). The average Bonchev–Trinajstić information content (AvgIpc) is 2.30. The Morgan fingerprint density at radius 2 is 2.12 bits per heavy atom. The zero-order chi connectivity index (χ0) is 12.8. The number of hydrogen-bond donors (Lipinski definition) is 1. The van der Waals surface area contributed by atoms with Gasteiger partial charge in [0, 0.05) is 11.0 Å². The molecule has 0 aliphatic carbocycles.